The monoisotopic (exact) mass is 360 g/mol. The van der Waals surface area contributed by atoms with Gasteiger partial charge in [0.05, 0.1) is 11.7 Å². The van der Waals surface area contributed by atoms with Crippen LogP contribution in [0.5, 0.6) is 0 Å². The van der Waals surface area contributed by atoms with Gasteiger partial charge < -0.3 is 5.73 Å². The number of nitrogens with zero attached hydrogens (tertiary/aromatic N) is 1. The van der Waals surface area contributed by atoms with Crippen LogP contribution in [0.3, 0.4) is 0 Å². The van der Waals surface area contributed by atoms with Crippen LogP contribution in [0.2, 0.25) is 5.02 Å². The Hall–Kier alpha value is -1.33. The molecule has 1 atom stereocenters. The third-order valence-corrected chi connectivity index (χ3v) is 5.79. The number of aromatic nitrogens is 1. The van der Waals surface area contributed by atoms with Crippen LogP contribution < -0.4 is 5.73 Å². The Morgan fingerprint density at radius 2 is 2.00 bits per heavy atom. The van der Waals surface area contributed by atoms with Crippen molar-refractivity contribution < 1.29 is 0 Å². The lowest BCUT2D eigenvalue weighted by atomic mass is 10.2. The molecule has 0 bridgehead atoms. The molecule has 2 aromatic carbocycles. The van der Waals surface area contributed by atoms with Gasteiger partial charge in [-0.25, -0.2) is 4.98 Å². The second kappa shape index (κ2) is 7.49. The molecule has 5 heteroatoms. The fraction of sp³-hybridized carbons (Fsp3) is 0.167. The van der Waals surface area contributed by atoms with Gasteiger partial charge in [-0.15, -0.1) is 23.1 Å². The van der Waals surface area contributed by atoms with Gasteiger partial charge in [0.15, 0.2) is 0 Å². The molecule has 0 aliphatic carbocycles. The molecule has 118 valence electrons. The van der Waals surface area contributed by atoms with Crippen LogP contribution in [-0.4, -0.2) is 4.98 Å². The van der Waals surface area contributed by atoms with E-state index in [2.05, 4.69) is 40.7 Å². The summed E-state index contributed by atoms with van der Waals surface area (Å²) >= 11 is 9.58. The first-order chi connectivity index (χ1) is 11.1. The maximum absolute atomic E-state index is 6.19. The quantitative estimate of drug-likeness (QED) is 0.586. The van der Waals surface area contributed by atoms with Gasteiger partial charge in [-0.1, -0.05) is 41.9 Å². The standard InChI is InChI=1S/C18H17ClN2S2/c1-12(20)18-21-16(11-23-18)15-9-14(19)7-8-17(15)22-10-13-5-3-2-4-6-13/h2-9,11-12H,10,20H2,1H3. The maximum atomic E-state index is 6.19. The van der Waals surface area contributed by atoms with Gasteiger partial charge in [-0.3, -0.25) is 0 Å². The molecule has 0 aliphatic heterocycles. The second-order valence-corrected chi connectivity index (χ2v) is 7.62. The number of rotatable bonds is 5. The lowest BCUT2D eigenvalue weighted by Gasteiger charge is -2.08. The predicted octanol–water partition coefficient (Wildman–Crippen LogP) is 5.78. The highest BCUT2D eigenvalue weighted by molar-refractivity contribution is 7.98. The van der Waals surface area contributed by atoms with Crippen LogP contribution in [-0.2, 0) is 5.75 Å². The molecule has 1 heterocycles. The summed E-state index contributed by atoms with van der Waals surface area (Å²) in [6, 6.07) is 16.4. The molecule has 2 N–H and O–H groups in total. The first-order valence-corrected chi connectivity index (χ1v) is 9.55. The molecule has 0 aliphatic rings. The lowest BCUT2D eigenvalue weighted by molar-refractivity contribution is 0.808. The Kier molecular flexibility index (Phi) is 5.38. The van der Waals surface area contributed by atoms with Gasteiger partial charge >= 0.3 is 0 Å². The van der Waals surface area contributed by atoms with Crippen LogP contribution in [0.25, 0.3) is 11.3 Å². The van der Waals surface area contributed by atoms with E-state index in [4.69, 9.17) is 17.3 Å². The number of thioether (sulfide) groups is 1. The van der Waals surface area contributed by atoms with E-state index in [0.29, 0.717) is 0 Å². The summed E-state index contributed by atoms with van der Waals surface area (Å²) in [6.07, 6.45) is 0. The van der Waals surface area contributed by atoms with Crippen molar-refractivity contribution in [3.8, 4) is 11.3 Å². The van der Waals surface area contributed by atoms with E-state index in [1.165, 1.54) is 10.5 Å². The molecule has 0 saturated heterocycles. The van der Waals surface area contributed by atoms with Crippen molar-refractivity contribution in [3.05, 3.63) is 69.5 Å². The van der Waals surface area contributed by atoms with Crippen molar-refractivity contribution in [3.63, 3.8) is 0 Å². The van der Waals surface area contributed by atoms with Crippen LogP contribution in [0.4, 0.5) is 0 Å². The van der Waals surface area contributed by atoms with E-state index in [9.17, 15) is 0 Å². The average molecular weight is 361 g/mol. The highest BCUT2D eigenvalue weighted by Crippen LogP contribution is 2.36. The van der Waals surface area contributed by atoms with Crippen molar-refractivity contribution >= 4 is 34.7 Å². The smallest absolute Gasteiger partial charge is 0.110 e. The zero-order valence-electron chi connectivity index (χ0n) is 12.7. The molecule has 3 rings (SSSR count). The minimum absolute atomic E-state index is 0.0478. The summed E-state index contributed by atoms with van der Waals surface area (Å²) in [5.74, 6) is 0.916. The largest absolute Gasteiger partial charge is 0.322 e. The molecular weight excluding hydrogens is 344 g/mol. The number of thiazole rings is 1. The third-order valence-electron chi connectivity index (χ3n) is 3.37. The Balaban J connectivity index is 1.88. The molecule has 23 heavy (non-hydrogen) atoms. The van der Waals surface area contributed by atoms with E-state index in [1.807, 2.05) is 25.1 Å². The summed E-state index contributed by atoms with van der Waals surface area (Å²) in [6.45, 7) is 1.95. The van der Waals surface area contributed by atoms with Crippen LogP contribution in [0.15, 0.2) is 58.8 Å². The van der Waals surface area contributed by atoms with Crippen molar-refractivity contribution in [1.82, 2.24) is 4.98 Å². The Morgan fingerprint density at radius 1 is 1.22 bits per heavy atom. The minimum atomic E-state index is -0.0478. The summed E-state index contributed by atoms with van der Waals surface area (Å²) in [4.78, 5) is 5.84. The highest BCUT2D eigenvalue weighted by atomic mass is 35.5. The van der Waals surface area contributed by atoms with E-state index in [0.717, 1.165) is 27.0 Å². The highest BCUT2D eigenvalue weighted by Gasteiger charge is 2.12. The van der Waals surface area contributed by atoms with Gasteiger partial charge in [-0.2, -0.15) is 0 Å². The summed E-state index contributed by atoms with van der Waals surface area (Å²) in [7, 11) is 0. The SMILES string of the molecule is CC(N)c1nc(-c2cc(Cl)ccc2SCc2ccccc2)cs1. The molecule has 0 spiro atoms. The Bertz CT molecular complexity index is 785. The molecule has 2 nitrogen and oxygen atoms in total. The topological polar surface area (TPSA) is 38.9 Å². The number of benzene rings is 2. The fourth-order valence-electron chi connectivity index (χ4n) is 2.18. The molecule has 0 fully saturated rings. The Labute approximate surface area is 149 Å². The Morgan fingerprint density at radius 3 is 2.70 bits per heavy atom. The summed E-state index contributed by atoms with van der Waals surface area (Å²) in [5, 5.41) is 3.72. The molecular formula is C18H17ClN2S2. The van der Waals surface area contributed by atoms with Gasteiger partial charge in [0.1, 0.15) is 5.01 Å². The van der Waals surface area contributed by atoms with Crippen molar-refractivity contribution in [2.45, 2.75) is 23.6 Å². The van der Waals surface area contributed by atoms with E-state index in [-0.39, 0.29) is 6.04 Å². The minimum Gasteiger partial charge on any atom is -0.322 e. The second-order valence-electron chi connectivity index (χ2n) is 5.27. The average Bonchev–Trinajstić information content (AvgIpc) is 3.05. The number of hydrogen-bond acceptors (Lipinski definition) is 4. The van der Waals surface area contributed by atoms with Gasteiger partial charge in [0, 0.05) is 26.6 Å². The van der Waals surface area contributed by atoms with E-state index >= 15 is 0 Å². The van der Waals surface area contributed by atoms with Crippen molar-refractivity contribution in [2.75, 3.05) is 0 Å². The molecule has 3 aromatic rings. The van der Waals surface area contributed by atoms with E-state index in [1.54, 1.807) is 23.1 Å². The van der Waals surface area contributed by atoms with Gasteiger partial charge in [0.25, 0.3) is 0 Å². The van der Waals surface area contributed by atoms with Gasteiger partial charge in [0.2, 0.25) is 0 Å². The zero-order chi connectivity index (χ0) is 16.2. The first-order valence-electron chi connectivity index (χ1n) is 7.31. The molecule has 0 radical (unpaired) electrons. The van der Waals surface area contributed by atoms with Crippen LogP contribution >= 0.6 is 34.7 Å². The molecule has 1 unspecified atom stereocenters. The number of hydrogen-bond donors (Lipinski definition) is 1. The summed E-state index contributed by atoms with van der Waals surface area (Å²) in [5.41, 5.74) is 9.24. The molecule has 0 amide bonds. The first kappa shape index (κ1) is 16.5. The number of halogens is 1. The zero-order valence-corrected chi connectivity index (χ0v) is 15.1. The lowest BCUT2D eigenvalue weighted by Crippen LogP contribution is -2.03. The van der Waals surface area contributed by atoms with Crippen molar-refractivity contribution in [2.24, 2.45) is 5.73 Å². The van der Waals surface area contributed by atoms with Crippen LogP contribution in [0.1, 0.15) is 23.5 Å². The third kappa shape index (κ3) is 4.15. The molecule has 0 saturated carbocycles. The normalized spacial score (nSPS) is 12.3. The van der Waals surface area contributed by atoms with Gasteiger partial charge in [-0.05, 0) is 30.7 Å². The fourth-order valence-corrected chi connectivity index (χ4v) is 4.13. The van der Waals surface area contributed by atoms with Crippen molar-refractivity contribution in [1.29, 1.82) is 0 Å². The predicted molar refractivity (Wildman–Crippen MR) is 101 cm³/mol. The number of nitrogens with two attached hydrogens (primary N) is 1. The maximum Gasteiger partial charge on any atom is 0.110 e. The van der Waals surface area contributed by atoms with Crippen LogP contribution in [0, 0.1) is 0 Å². The summed E-state index contributed by atoms with van der Waals surface area (Å²) < 4.78 is 0. The van der Waals surface area contributed by atoms with E-state index < -0.39 is 0 Å². The molecule has 1 aromatic heterocycles.